The second-order valence-corrected chi connectivity index (χ2v) is 6.96. The molecule has 1 N–H and O–H groups in total. The highest BCUT2D eigenvalue weighted by Crippen LogP contribution is 2.40. The Hall–Kier alpha value is -0.160. The summed E-state index contributed by atoms with van der Waals surface area (Å²) in [6.45, 7) is 8.15. The van der Waals surface area contributed by atoms with Gasteiger partial charge in [-0.1, -0.05) is 12.8 Å². The molecule has 1 saturated carbocycles. The number of piperazine rings is 1. The molecule has 0 aromatic carbocycles. The molecule has 116 valence electrons. The van der Waals surface area contributed by atoms with Gasteiger partial charge in [0, 0.05) is 51.9 Å². The van der Waals surface area contributed by atoms with Gasteiger partial charge in [-0.2, -0.15) is 0 Å². The molecular formula is C16H31N3O. The summed E-state index contributed by atoms with van der Waals surface area (Å²) >= 11 is 0. The second-order valence-electron chi connectivity index (χ2n) is 6.96. The molecule has 2 aliphatic heterocycles. The number of hydrogen-bond acceptors (Lipinski definition) is 4. The molecule has 20 heavy (non-hydrogen) atoms. The van der Waals surface area contributed by atoms with Crippen molar-refractivity contribution in [3.8, 4) is 0 Å². The lowest BCUT2D eigenvalue weighted by molar-refractivity contribution is -0.0992. The molecule has 0 amide bonds. The number of nitrogens with one attached hydrogen (secondary N) is 1. The Kier molecular flexibility index (Phi) is 4.97. The summed E-state index contributed by atoms with van der Waals surface area (Å²) < 4.78 is 6.16. The van der Waals surface area contributed by atoms with Crippen molar-refractivity contribution in [2.45, 2.75) is 50.2 Å². The summed E-state index contributed by atoms with van der Waals surface area (Å²) in [5, 5.41) is 3.43. The molecule has 2 heterocycles. The fourth-order valence-electron chi connectivity index (χ4n) is 4.16. The van der Waals surface area contributed by atoms with Crippen molar-refractivity contribution >= 4 is 0 Å². The smallest absolute Gasteiger partial charge is 0.0697 e. The lowest BCUT2D eigenvalue weighted by atomic mass is 9.88. The van der Waals surface area contributed by atoms with E-state index in [1.165, 1.54) is 64.7 Å². The summed E-state index contributed by atoms with van der Waals surface area (Å²) in [5.41, 5.74) is 0.256. The molecule has 0 radical (unpaired) electrons. The van der Waals surface area contributed by atoms with E-state index in [0.29, 0.717) is 0 Å². The number of hydrogen-bond donors (Lipinski definition) is 1. The van der Waals surface area contributed by atoms with E-state index >= 15 is 0 Å². The molecule has 0 aromatic heterocycles. The van der Waals surface area contributed by atoms with Gasteiger partial charge in [0.25, 0.3) is 0 Å². The topological polar surface area (TPSA) is 27.7 Å². The fourth-order valence-corrected chi connectivity index (χ4v) is 4.16. The van der Waals surface area contributed by atoms with Gasteiger partial charge in [0.05, 0.1) is 5.60 Å². The van der Waals surface area contributed by atoms with Crippen molar-refractivity contribution < 1.29 is 4.74 Å². The first-order chi connectivity index (χ1) is 9.77. The summed E-state index contributed by atoms with van der Waals surface area (Å²) in [6.07, 6.45) is 7.84. The third kappa shape index (κ3) is 3.53. The van der Waals surface area contributed by atoms with Crippen LogP contribution in [0, 0.1) is 0 Å². The summed E-state index contributed by atoms with van der Waals surface area (Å²) in [4.78, 5) is 5.20. The Morgan fingerprint density at radius 3 is 2.75 bits per heavy atom. The van der Waals surface area contributed by atoms with Crippen molar-refractivity contribution in [1.29, 1.82) is 0 Å². The monoisotopic (exact) mass is 281 g/mol. The molecule has 1 aliphatic carbocycles. The highest BCUT2D eigenvalue weighted by Gasteiger charge is 2.40. The van der Waals surface area contributed by atoms with E-state index in [1.807, 2.05) is 0 Å². The largest absolute Gasteiger partial charge is 0.375 e. The average molecular weight is 281 g/mol. The molecule has 3 fully saturated rings. The molecule has 3 aliphatic rings. The van der Waals surface area contributed by atoms with Crippen molar-refractivity contribution in [3.63, 3.8) is 0 Å². The number of likely N-dealkylation sites (N-methyl/N-ethyl adjacent to an activating group) is 1. The van der Waals surface area contributed by atoms with Gasteiger partial charge in [-0.25, -0.2) is 0 Å². The van der Waals surface area contributed by atoms with Crippen LogP contribution in [0.2, 0.25) is 0 Å². The van der Waals surface area contributed by atoms with Gasteiger partial charge in [-0.15, -0.1) is 0 Å². The van der Waals surface area contributed by atoms with Crippen LogP contribution in [-0.2, 0) is 4.74 Å². The summed E-state index contributed by atoms with van der Waals surface area (Å²) in [6, 6.07) is 0.741. The standard InChI is InChI=1S/C16H31N3O/c1-18(11-12-19-9-7-17-8-10-19)15-4-13-20-16(14-15)5-2-3-6-16/h15,17H,2-14H2,1H3. The van der Waals surface area contributed by atoms with Crippen LogP contribution >= 0.6 is 0 Å². The zero-order valence-electron chi connectivity index (χ0n) is 13.1. The van der Waals surface area contributed by atoms with E-state index in [2.05, 4.69) is 22.2 Å². The van der Waals surface area contributed by atoms with Crippen LogP contribution in [-0.4, -0.2) is 74.4 Å². The van der Waals surface area contributed by atoms with Crippen LogP contribution < -0.4 is 5.32 Å². The maximum absolute atomic E-state index is 6.16. The van der Waals surface area contributed by atoms with E-state index in [1.54, 1.807) is 0 Å². The van der Waals surface area contributed by atoms with Gasteiger partial charge >= 0.3 is 0 Å². The first-order valence-electron chi connectivity index (χ1n) is 8.55. The van der Waals surface area contributed by atoms with Crippen LogP contribution in [0.1, 0.15) is 38.5 Å². The Morgan fingerprint density at radius 2 is 2.00 bits per heavy atom. The van der Waals surface area contributed by atoms with Crippen LogP contribution in [0.15, 0.2) is 0 Å². The van der Waals surface area contributed by atoms with Crippen LogP contribution in [0.25, 0.3) is 0 Å². The first kappa shape index (κ1) is 14.8. The molecule has 0 bridgehead atoms. The quantitative estimate of drug-likeness (QED) is 0.841. The zero-order chi connectivity index (χ0) is 13.8. The van der Waals surface area contributed by atoms with Gasteiger partial charge in [0.1, 0.15) is 0 Å². The molecule has 1 unspecified atom stereocenters. The van der Waals surface area contributed by atoms with E-state index in [4.69, 9.17) is 4.74 Å². The SMILES string of the molecule is CN(CCN1CCNCC1)C1CCOC2(CCCC2)C1. The van der Waals surface area contributed by atoms with Gasteiger partial charge in [0.2, 0.25) is 0 Å². The Labute approximate surface area is 123 Å². The van der Waals surface area contributed by atoms with Gasteiger partial charge < -0.3 is 15.0 Å². The minimum Gasteiger partial charge on any atom is -0.375 e. The predicted molar refractivity (Wildman–Crippen MR) is 82.1 cm³/mol. The highest BCUT2D eigenvalue weighted by molar-refractivity contribution is 4.93. The minimum atomic E-state index is 0.256. The minimum absolute atomic E-state index is 0.256. The first-order valence-corrected chi connectivity index (χ1v) is 8.55. The normalized spacial score (nSPS) is 31.2. The summed E-state index contributed by atoms with van der Waals surface area (Å²) in [7, 11) is 2.32. The average Bonchev–Trinajstić information content (AvgIpc) is 2.93. The summed E-state index contributed by atoms with van der Waals surface area (Å²) in [5.74, 6) is 0. The lowest BCUT2D eigenvalue weighted by Crippen LogP contribution is -2.50. The molecule has 1 atom stereocenters. The van der Waals surface area contributed by atoms with Crippen molar-refractivity contribution in [3.05, 3.63) is 0 Å². The van der Waals surface area contributed by atoms with E-state index in [9.17, 15) is 0 Å². The third-order valence-electron chi connectivity index (χ3n) is 5.58. The van der Waals surface area contributed by atoms with E-state index in [-0.39, 0.29) is 5.60 Å². The molecule has 3 rings (SSSR count). The highest BCUT2D eigenvalue weighted by atomic mass is 16.5. The Morgan fingerprint density at radius 1 is 1.25 bits per heavy atom. The van der Waals surface area contributed by atoms with Gasteiger partial charge in [-0.05, 0) is 32.7 Å². The third-order valence-corrected chi connectivity index (χ3v) is 5.58. The molecular weight excluding hydrogens is 250 g/mol. The molecule has 4 heteroatoms. The van der Waals surface area contributed by atoms with Crippen LogP contribution in [0.3, 0.4) is 0 Å². The lowest BCUT2D eigenvalue weighted by Gasteiger charge is -2.42. The molecule has 2 saturated heterocycles. The zero-order valence-corrected chi connectivity index (χ0v) is 13.1. The van der Waals surface area contributed by atoms with Crippen molar-refractivity contribution in [2.75, 3.05) is 52.9 Å². The number of rotatable bonds is 4. The Bertz CT molecular complexity index is 298. The van der Waals surface area contributed by atoms with E-state index < -0.39 is 0 Å². The fraction of sp³-hybridized carbons (Fsp3) is 1.00. The maximum Gasteiger partial charge on any atom is 0.0697 e. The molecule has 1 spiro atoms. The van der Waals surface area contributed by atoms with Gasteiger partial charge in [0.15, 0.2) is 0 Å². The van der Waals surface area contributed by atoms with Crippen molar-refractivity contribution in [2.24, 2.45) is 0 Å². The predicted octanol–water partition coefficient (Wildman–Crippen LogP) is 1.32. The van der Waals surface area contributed by atoms with E-state index in [0.717, 1.165) is 25.7 Å². The van der Waals surface area contributed by atoms with Crippen molar-refractivity contribution in [1.82, 2.24) is 15.1 Å². The van der Waals surface area contributed by atoms with Crippen LogP contribution in [0.5, 0.6) is 0 Å². The molecule has 0 aromatic rings. The number of ether oxygens (including phenoxy) is 1. The molecule has 4 nitrogen and oxygen atoms in total. The van der Waals surface area contributed by atoms with Crippen LogP contribution in [0.4, 0.5) is 0 Å². The number of nitrogens with zero attached hydrogens (tertiary/aromatic N) is 2. The maximum atomic E-state index is 6.16. The second kappa shape index (κ2) is 6.73. The van der Waals surface area contributed by atoms with Gasteiger partial charge in [-0.3, -0.25) is 4.90 Å². The Balaban J connectivity index is 1.45.